The smallest absolute Gasteiger partial charge is 0.443 e. The summed E-state index contributed by atoms with van der Waals surface area (Å²) in [6.07, 6.45) is -4.95. The van der Waals surface area contributed by atoms with Crippen LogP contribution in [0.3, 0.4) is 0 Å². The Kier molecular flexibility index (Phi) is 4.98. The molecule has 1 atom stereocenters. The molecule has 1 unspecified atom stereocenters. The van der Waals surface area contributed by atoms with Crippen molar-refractivity contribution >= 4 is 23.2 Å². The fourth-order valence-electron chi connectivity index (χ4n) is 1.54. The van der Waals surface area contributed by atoms with E-state index in [9.17, 15) is 22.8 Å². The second kappa shape index (κ2) is 6.00. The van der Waals surface area contributed by atoms with Gasteiger partial charge in [0, 0.05) is 5.38 Å². The zero-order valence-corrected chi connectivity index (χ0v) is 12.4. The number of nitrogens with zero attached hydrogens (tertiary/aromatic N) is 1. The van der Waals surface area contributed by atoms with Gasteiger partial charge < -0.3 is 10.4 Å². The number of halogens is 3. The van der Waals surface area contributed by atoms with Gasteiger partial charge in [0.2, 0.25) is 0 Å². The highest BCUT2D eigenvalue weighted by atomic mass is 32.1. The number of rotatable bonds is 5. The van der Waals surface area contributed by atoms with Gasteiger partial charge in [0.1, 0.15) is 5.69 Å². The van der Waals surface area contributed by atoms with Gasteiger partial charge in [-0.3, -0.25) is 9.59 Å². The molecule has 0 bridgehead atoms. The number of carboxylic acids is 1. The average molecular weight is 324 g/mol. The highest BCUT2D eigenvalue weighted by Crippen LogP contribution is 2.31. The minimum absolute atomic E-state index is 0.224. The third kappa shape index (κ3) is 4.42. The lowest BCUT2D eigenvalue weighted by atomic mass is 9.85. The maximum absolute atomic E-state index is 12.4. The number of alkyl halides is 3. The van der Waals surface area contributed by atoms with E-state index in [1.54, 1.807) is 13.8 Å². The number of aliphatic carboxylic acids is 1. The zero-order valence-electron chi connectivity index (χ0n) is 11.6. The van der Waals surface area contributed by atoms with E-state index in [1.165, 1.54) is 6.92 Å². The topological polar surface area (TPSA) is 79.3 Å². The Hall–Kier alpha value is -1.64. The summed E-state index contributed by atoms with van der Waals surface area (Å²) in [4.78, 5) is 26.1. The summed E-state index contributed by atoms with van der Waals surface area (Å²) in [7, 11) is 0. The first-order valence-electron chi connectivity index (χ1n) is 6.02. The molecule has 2 N–H and O–H groups in total. The zero-order chi connectivity index (χ0) is 16.4. The molecule has 21 heavy (non-hydrogen) atoms. The Morgan fingerprint density at radius 1 is 1.43 bits per heavy atom. The van der Waals surface area contributed by atoms with Crippen molar-refractivity contribution in [2.45, 2.75) is 38.9 Å². The number of aromatic nitrogens is 1. The number of hydrogen-bond donors (Lipinski definition) is 2. The van der Waals surface area contributed by atoms with Gasteiger partial charge in [-0.15, -0.1) is 11.3 Å². The Morgan fingerprint density at radius 3 is 2.38 bits per heavy atom. The minimum atomic E-state index is -4.61. The monoisotopic (exact) mass is 324 g/mol. The summed E-state index contributed by atoms with van der Waals surface area (Å²) >= 11 is 0.320. The SMILES string of the molecule is CC(C)C(C)(CC(=O)O)NC(=O)c1csc(C(F)(F)F)n1. The molecule has 1 aromatic heterocycles. The number of nitrogens with one attached hydrogen (secondary N) is 1. The van der Waals surface area contributed by atoms with Crippen LogP contribution in [0, 0.1) is 5.92 Å². The first-order chi connectivity index (χ1) is 9.45. The molecule has 0 saturated heterocycles. The number of thiazole rings is 1. The van der Waals surface area contributed by atoms with Crippen LogP contribution < -0.4 is 5.32 Å². The third-order valence-corrected chi connectivity index (χ3v) is 4.06. The lowest BCUT2D eigenvalue weighted by Crippen LogP contribution is -2.51. The molecule has 0 aromatic carbocycles. The number of carboxylic acid groups (broad SMARTS) is 1. The van der Waals surface area contributed by atoms with Crippen molar-refractivity contribution in [2.75, 3.05) is 0 Å². The van der Waals surface area contributed by atoms with Gasteiger partial charge in [-0.1, -0.05) is 13.8 Å². The first-order valence-corrected chi connectivity index (χ1v) is 6.90. The van der Waals surface area contributed by atoms with Gasteiger partial charge in [-0.25, -0.2) is 4.98 Å². The molecule has 5 nitrogen and oxygen atoms in total. The van der Waals surface area contributed by atoms with Crippen LogP contribution >= 0.6 is 11.3 Å². The molecule has 0 fully saturated rings. The van der Waals surface area contributed by atoms with Crippen molar-refractivity contribution in [1.82, 2.24) is 10.3 Å². The van der Waals surface area contributed by atoms with Crippen molar-refractivity contribution < 1.29 is 27.9 Å². The standard InChI is InChI=1S/C12H15F3N2O3S/c1-6(2)11(3,4-8(18)19)17-9(20)7-5-21-10(16-7)12(13,14)15/h5-6H,4H2,1-3H3,(H,17,20)(H,18,19). The summed E-state index contributed by atoms with van der Waals surface area (Å²) in [6, 6.07) is 0. The normalized spacial score (nSPS) is 14.8. The molecule has 0 saturated carbocycles. The Labute approximate surface area is 123 Å². The van der Waals surface area contributed by atoms with Crippen molar-refractivity contribution in [3.8, 4) is 0 Å². The summed E-state index contributed by atoms with van der Waals surface area (Å²) in [6.45, 7) is 4.96. The molecule has 1 amide bonds. The Morgan fingerprint density at radius 2 is 2.00 bits per heavy atom. The predicted octanol–water partition coefficient (Wildman–Crippen LogP) is 2.78. The Bertz CT molecular complexity index is 542. The molecule has 118 valence electrons. The minimum Gasteiger partial charge on any atom is -0.481 e. The van der Waals surface area contributed by atoms with Crippen LogP contribution in [-0.2, 0) is 11.0 Å². The summed E-state index contributed by atoms with van der Waals surface area (Å²) in [5, 5.41) is 11.2. The molecule has 0 radical (unpaired) electrons. The molecular formula is C12H15F3N2O3S. The molecule has 0 aliphatic heterocycles. The van der Waals surface area contributed by atoms with E-state index in [0.29, 0.717) is 11.3 Å². The van der Waals surface area contributed by atoms with E-state index in [-0.39, 0.29) is 18.0 Å². The molecule has 1 rings (SSSR count). The average Bonchev–Trinajstić information content (AvgIpc) is 2.75. The predicted molar refractivity (Wildman–Crippen MR) is 70.1 cm³/mol. The number of carbonyl (C=O) groups is 2. The largest absolute Gasteiger partial charge is 0.481 e. The number of amides is 1. The molecular weight excluding hydrogens is 309 g/mol. The van der Waals surface area contributed by atoms with Crippen molar-refractivity contribution in [3.05, 3.63) is 16.1 Å². The van der Waals surface area contributed by atoms with E-state index in [2.05, 4.69) is 10.3 Å². The van der Waals surface area contributed by atoms with E-state index in [4.69, 9.17) is 5.11 Å². The first kappa shape index (κ1) is 17.4. The lowest BCUT2D eigenvalue weighted by Gasteiger charge is -2.33. The highest BCUT2D eigenvalue weighted by Gasteiger charge is 2.37. The highest BCUT2D eigenvalue weighted by molar-refractivity contribution is 7.09. The van der Waals surface area contributed by atoms with Crippen LogP contribution in [0.25, 0.3) is 0 Å². The fourth-order valence-corrected chi connectivity index (χ4v) is 2.21. The van der Waals surface area contributed by atoms with Crippen LogP contribution in [0.15, 0.2) is 5.38 Å². The van der Waals surface area contributed by atoms with E-state index in [0.717, 1.165) is 5.38 Å². The van der Waals surface area contributed by atoms with Gasteiger partial charge in [-0.2, -0.15) is 13.2 Å². The van der Waals surface area contributed by atoms with Crippen LogP contribution in [-0.4, -0.2) is 27.5 Å². The maximum atomic E-state index is 12.4. The lowest BCUT2D eigenvalue weighted by molar-refractivity contribution is -0.139. The summed E-state index contributed by atoms with van der Waals surface area (Å²) < 4.78 is 37.3. The van der Waals surface area contributed by atoms with Gasteiger partial charge in [0.15, 0.2) is 5.01 Å². The fraction of sp³-hybridized carbons (Fsp3) is 0.583. The van der Waals surface area contributed by atoms with E-state index in [1.807, 2.05) is 0 Å². The molecule has 0 spiro atoms. The number of hydrogen-bond acceptors (Lipinski definition) is 4. The van der Waals surface area contributed by atoms with Crippen LogP contribution in [0.4, 0.5) is 13.2 Å². The number of carbonyl (C=O) groups excluding carboxylic acids is 1. The quantitative estimate of drug-likeness (QED) is 0.873. The van der Waals surface area contributed by atoms with Crippen molar-refractivity contribution in [3.63, 3.8) is 0 Å². The van der Waals surface area contributed by atoms with Gasteiger partial charge in [0.25, 0.3) is 5.91 Å². The van der Waals surface area contributed by atoms with Crippen LogP contribution in [0.1, 0.15) is 42.7 Å². The summed E-state index contributed by atoms with van der Waals surface area (Å²) in [5.74, 6) is -2.15. The molecule has 1 heterocycles. The second-order valence-electron chi connectivity index (χ2n) is 5.13. The van der Waals surface area contributed by atoms with Crippen LogP contribution in [0.5, 0.6) is 0 Å². The molecule has 1 aromatic rings. The van der Waals surface area contributed by atoms with Crippen molar-refractivity contribution in [1.29, 1.82) is 0 Å². The Balaban J connectivity index is 2.93. The molecule has 0 aliphatic carbocycles. The third-order valence-electron chi connectivity index (χ3n) is 3.17. The van der Waals surface area contributed by atoms with Gasteiger partial charge in [-0.05, 0) is 12.8 Å². The summed E-state index contributed by atoms with van der Waals surface area (Å²) in [5.41, 5.74) is -1.45. The molecule has 9 heteroatoms. The van der Waals surface area contributed by atoms with E-state index >= 15 is 0 Å². The van der Waals surface area contributed by atoms with Crippen LogP contribution in [0.2, 0.25) is 0 Å². The van der Waals surface area contributed by atoms with E-state index < -0.39 is 28.6 Å². The maximum Gasteiger partial charge on any atom is 0.443 e. The molecule has 0 aliphatic rings. The van der Waals surface area contributed by atoms with Gasteiger partial charge in [0.05, 0.1) is 12.0 Å². The van der Waals surface area contributed by atoms with Crippen molar-refractivity contribution in [2.24, 2.45) is 5.92 Å². The second-order valence-corrected chi connectivity index (χ2v) is 5.99. The van der Waals surface area contributed by atoms with Gasteiger partial charge >= 0.3 is 12.1 Å².